The highest BCUT2D eigenvalue weighted by molar-refractivity contribution is 6.30. The maximum absolute atomic E-state index is 12.2. The molecule has 0 bridgehead atoms. The van der Waals surface area contributed by atoms with E-state index in [1.165, 1.54) is 6.92 Å². The van der Waals surface area contributed by atoms with Crippen LogP contribution in [0.4, 0.5) is 0 Å². The van der Waals surface area contributed by atoms with Crippen molar-refractivity contribution in [2.45, 2.75) is 51.6 Å². The first-order valence-corrected chi connectivity index (χ1v) is 8.25. The van der Waals surface area contributed by atoms with Crippen LogP contribution in [-0.4, -0.2) is 23.9 Å². The number of carbonyl (C=O) groups is 2. The van der Waals surface area contributed by atoms with Gasteiger partial charge in [0.1, 0.15) is 0 Å². The largest absolute Gasteiger partial charge is 0.354 e. The summed E-state index contributed by atoms with van der Waals surface area (Å²) in [6, 6.07) is 6.70. The Hall–Kier alpha value is -1.59. The van der Waals surface area contributed by atoms with Gasteiger partial charge >= 0.3 is 0 Å². The molecule has 1 rings (SSSR count). The van der Waals surface area contributed by atoms with E-state index >= 15 is 0 Å². The fraction of sp³-hybridized carbons (Fsp3) is 0.529. The van der Waals surface area contributed by atoms with Crippen molar-refractivity contribution in [3.05, 3.63) is 34.9 Å². The highest BCUT2D eigenvalue weighted by Gasteiger charge is 2.22. The first kappa shape index (κ1) is 19.5. The van der Waals surface area contributed by atoms with E-state index in [2.05, 4.69) is 10.6 Å². The molecule has 4 N–H and O–H groups in total. The summed E-state index contributed by atoms with van der Waals surface area (Å²) in [5, 5.41) is 6.28. The minimum absolute atomic E-state index is 0.143. The molecule has 1 aromatic carbocycles. The van der Waals surface area contributed by atoms with Crippen LogP contribution in [0.5, 0.6) is 0 Å². The van der Waals surface area contributed by atoms with Gasteiger partial charge in [-0.3, -0.25) is 9.59 Å². The lowest BCUT2D eigenvalue weighted by atomic mass is 9.94. The van der Waals surface area contributed by atoms with Crippen molar-refractivity contribution < 1.29 is 9.59 Å². The lowest BCUT2D eigenvalue weighted by molar-refractivity contribution is -0.123. The molecule has 1 unspecified atom stereocenters. The van der Waals surface area contributed by atoms with E-state index in [1.54, 1.807) is 12.1 Å². The monoisotopic (exact) mass is 339 g/mol. The molecule has 0 heterocycles. The Morgan fingerprint density at radius 2 is 1.78 bits per heavy atom. The maximum atomic E-state index is 12.2. The standard InChI is InChI=1S/C17H26ClN3O2/c1-4-17(19,5-2)11-20-16(23)10-15(21-12(3)22)13-6-8-14(18)9-7-13/h6-9,15H,4-5,10-11,19H2,1-3H3,(H,20,23)(H,21,22). The second-order valence-corrected chi connectivity index (χ2v) is 6.29. The number of nitrogens with one attached hydrogen (secondary N) is 2. The third kappa shape index (κ3) is 6.59. The summed E-state index contributed by atoms with van der Waals surface area (Å²) < 4.78 is 0. The zero-order valence-corrected chi connectivity index (χ0v) is 14.7. The molecule has 0 aliphatic rings. The Morgan fingerprint density at radius 1 is 1.22 bits per heavy atom. The number of halogens is 1. The quantitative estimate of drug-likeness (QED) is 0.680. The Labute approximate surface area is 143 Å². The summed E-state index contributed by atoms with van der Waals surface area (Å²) >= 11 is 5.88. The first-order chi connectivity index (χ1) is 10.8. The van der Waals surface area contributed by atoms with Crippen LogP contribution in [-0.2, 0) is 9.59 Å². The van der Waals surface area contributed by atoms with Crippen molar-refractivity contribution >= 4 is 23.4 Å². The Kier molecular flexibility index (Phi) is 7.52. The van der Waals surface area contributed by atoms with E-state index < -0.39 is 0 Å². The normalized spacial score (nSPS) is 12.6. The van der Waals surface area contributed by atoms with E-state index in [1.807, 2.05) is 26.0 Å². The van der Waals surface area contributed by atoms with E-state index in [9.17, 15) is 9.59 Å². The molecular formula is C17H26ClN3O2. The molecule has 2 amide bonds. The number of carbonyl (C=O) groups excluding carboxylic acids is 2. The summed E-state index contributed by atoms with van der Waals surface area (Å²) in [5.74, 6) is -0.330. The van der Waals surface area contributed by atoms with Gasteiger partial charge in [-0.1, -0.05) is 37.6 Å². The third-order valence-corrected chi connectivity index (χ3v) is 4.34. The fourth-order valence-electron chi connectivity index (χ4n) is 2.22. The van der Waals surface area contributed by atoms with Gasteiger partial charge in [-0.15, -0.1) is 0 Å². The third-order valence-electron chi connectivity index (χ3n) is 4.09. The van der Waals surface area contributed by atoms with E-state index in [4.69, 9.17) is 17.3 Å². The van der Waals surface area contributed by atoms with Crippen molar-refractivity contribution in [3.8, 4) is 0 Å². The van der Waals surface area contributed by atoms with E-state index in [0.29, 0.717) is 11.6 Å². The Bertz CT molecular complexity index is 527. The van der Waals surface area contributed by atoms with Crippen molar-refractivity contribution in [2.75, 3.05) is 6.54 Å². The predicted molar refractivity (Wildman–Crippen MR) is 93.1 cm³/mol. The zero-order valence-electron chi connectivity index (χ0n) is 14.0. The van der Waals surface area contributed by atoms with Gasteiger partial charge in [0.2, 0.25) is 11.8 Å². The van der Waals surface area contributed by atoms with Crippen molar-refractivity contribution in [1.82, 2.24) is 10.6 Å². The van der Waals surface area contributed by atoms with Crippen LogP contribution in [0.15, 0.2) is 24.3 Å². The second-order valence-electron chi connectivity index (χ2n) is 5.85. The number of nitrogens with two attached hydrogens (primary N) is 1. The average molecular weight is 340 g/mol. The molecule has 1 aromatic rings. The molecule has 23 heavy (non-hydrogen) atoms. The first-order valence-electron chi connectivity index (χ1n) is 7.87. The van der Waals surface area contributed by atoms with Gasteiger partial charge in [-0.2, -0.15) is 0 Å². The van der Waals surface area contributed by atoms with Crippen molar-refractivity contribution in [3.63, 3.8) is 0 Å². The van der Waals surface area contributed by atoms with Crippen LogP contribution < -0.4 is 16.4 Å². The Balaban J connectivity index is 2.71. The van der Waals surface area contributed by atoms with Gasteiger partial charge < -0.3 is 16.4 Å². The number of hydrogen-bond acceptors (Lipinski definition) is 3. The topological polar surface area (TPSA) is 84.2 Å². The fourth-order valence-corrected chi connectivity index (χ4v) is 2.35. The molecule has 128 valence electrons. The second kappa shape index (κ2) is 8.89. The number of hydrogen-bond donors (Lipinski definition) is 3. The smallest absolute Gasteiger partial charge is 0.222 e. The van der Waals surface area contributed by atoms with Crippen LogP contribution in [0.3, 0.4) is 0 Å². The molecule has 0 spiro atoms. The highest BCUT2D eigenvalue weighted by atomic mass is 35.5. The lowest BCUT2D eigenvalue weighted by Gasteiger charge is -2.27. The SMILES string of the molecule is CCC(N)(CC)CNC(=O)CC(NC(C)=O)c1ccc(Cl)cc1. The molecule has 0 fully saturated rings. The zero-order chi connectivity index (χ0) is 17.5. The molecule has 0 radical (unpaired) electrons. The molecule has 0 aromatic heterocycles. The molecule has 0 saturated carbocycles. The minimum atomic E-state index is -0.389. The van der Waals surface area contributed by atoms with Gasteiger partial charge in [0.15, 0.2) is 0 Å². The van der Waals surface area contributed by atoms with Crippen LogP contribution >= 0.6 is 11.6 Å². The van der Waals surface area contributed by atoms with Crippen LogP contribution in [0, 0.1) is 0 Å². The number of rotatable bonds is 8. The number of benzene rings is 1. The summed E-state index contributed by atoms with van der Waals surface area (Å²) in [7, 11) is 0. The van der Waals surface area contributed by atoms with Crippen LogP contribution in [0.2, 0.25) is 5.02 Å². The molecular weight excluding hydrogens is 314 g/mol. The summed E-state index contributed by atoms with van der Waals surface area (Å²) in [4.78, 5) is 23.6. The number of amides is 2. The lowest BCUT2D eigenvalue weighted by Crippen LogP contribution is -2.49. The Morgan fingerprint density at radius 3 is 2.26 bits per heavy atom. The van der Waals surface area contributed by atoms with Gasteiger partial charge in [-0.05, 0) is 30.5 Å². The van der Waals surface area contributed by atoms with Gasteiger partial charge in [0.05, 0.1) is 12.5 Å². The van der Waals surface area contributed by atoms with Crippen LogP contribution in [0.1, 0.15) is 51.6 Å². The van der Waals surface area contributed by atoms with Gasteiger partial charge in [0.25, 0.3) is 0 Å². The summed E-state index contributed by atoms with van der Waals surface area (Å²) in [5.41, 5.74) is 6.63. The summed E-state index contributed by atoms with van der Waals surface area (Å²) in [6.45, 7) is 5.86. The van der Waals surface area contributed by atoms with Gasteiger partial charge in [-0.25, -0.2) is 0 Å². The molecule has 1 atom stereocenters. The molecule has 0 aliphatic carbocycles. The van der Waals surface area contributed by atoms with Crippen molar-refractivity contribution in [2.24, 2.45) is 5.73 Å². The molecule has 0 aliphatic heterocycles. The molecule has 0 saturated heterocycles. The average Bonchev–Trinajstić information content (AvgIpc) is 2.52. The van der Waals surface area contributed by atoms with Gasteiger partial charge in [0, 0.05) is 24.0 Å². The molecule has 5 nitrogen and oxygen atoms in total. The maximum Gasteiger partial charge on any atom is 0.222 e. The van der Waals surface area contributed by atoms with E-state index in [-0.39, 0.29) is 29.8 Å². The van der Waals surface area contributed by atoms with Crippen LogP contribution in [0.25, 0.3) is 0 Å². The van der Waals surface area contributed by atoms with E-state index in [0.717, 1.165) is 18.4 Å². The predicted octanol–water partition coefficient (Wildman–Crippen LogP) is 2.54. The molecule has 6 heteroatoms. The summed E-state index contributed by atoms with van der Waals surface area (Å²) in [6.07, 6.45) is 1.73. The highest BCUT2D eigenvalue weighted by Crippen LogP contribution is 2.19. The van der Waals surface area contributed by atoms with Crippen molar-refractivity contribution in [1.29, 1.82) is 0 Å². The minimum Gasteiger partial charge on any atom is -0.354 e.